The van der Waals surface area contributed by atoms with E-state index in [9.17, 15) is 18.8 Å². The fourth-order valence-electron chi connectivity index (χ4n) is 2.21. The van der Waals surface area contributed by atoms with Gasteiger partial charge in [0.2, 0.25) is 5.91 Å². The summed E-state index contributed by atoms with van der Waals surface area (Å²) < 4.78 is 29.6. The minimum atomic E-state index is -1.72. The lowest BCUT2D eigenvalue weighted by molar-refractivity contribution is -0.195. The van der Waals surface area contributed by atoms with E-state index in [0.29, 0.717) is 0 Å². The molecule has 5 unspecified atom stereocenters. The Morgan fingerprint density at radius 2 is 1.81 bits per heavy atom. The van der Waals surface area contributed by atoms with Gasteiger partial charge < -0.3 is 19.5 Å². The average Bonchev–Trinajstić information content (AvgIpc) is 2.35. The molecule has 0 bridgehead atoms. The third-order valence-corrected chi connectivity index (χ3v) is 3.04. The van der Waals surface area contributed by atoms with Gasteiger partial charge in [-0.3, -0.25) is 14.4 Å². The summed E-state index contributed by atoms with van der Waals surface area (Å²) in [6, 6.07) is -0.810. The number of amides is 1. The first-order valence-corrected chi connectivity index (χ1v) is 6.59. The predicted octanol–water partition coefficient (Wildman–Crippen LogP) is 0.111. The molecule has 0 aromatic heterocycles. The quantitative estimate of drug-likeness (QED) is 0.741. The molecule has 0 aliphatic carbocycles. The number of carbonyl (C=O) groups is 3. The van der Waals surface area contributed by atoms with Crippen molar-refractivity contribution in [3.63, 3.8) is 0 Å². The maximum atomic E-state index is 14.5. The van der Waals surface area contributed by atoms with Crippen LogP contribution in [0.1, 0.15) is 27.7 Å². The molecule has 7 nitrogen and oxygen atoms in total. The number of ether oxygens (including phenoxy) is 3. The smallest absolute Gasteiger partial charge is 0.303 e. The maximum absolute atomic E-state index is 14.5. The van der Waals surface area contributed by atoms with Crippen molar-refractivity contribution in [2.24, 2.45) is 0 Å². The predicted molar refractivity (Wildman–Crippen MR) is 69.0 cm³/mol. The van der Waals surface area contributed by atoms with Crippen molar-refractivity contribution in [3.8, 4) is 0 Å². The number of esters is 2. The molecular weight excluding hydrogens is 285 g/mol. The molecule has 1 aliphatic rings. The van der Waals surface area contributed by atoms with Crippen LogP contribution in [-0.2, 0) is 28.6 Å². The van der Waals surface area contributed by atoms with Crippen molar-refractivity contribution >= 4 is 17.8 Å². The Bertz CT molecular complexity index is 415. The number of nitrogens with one attached hydrogen (secondary N) is 1. The molecule has 0 aromatic rings. The molecule has 1 amide bonds. The first kappa shape index (κ1) is 17.4. The third-order valence-electron chi connectivity index (χ3n) is 3.04. The number of halogens is 1. The van der Waals surface area contributed by atoms with E-state index in [0.717, 1.165) is 6.92 Å². The molecule has 5 atom stereocenters. The van der Waals surface area contributed by atoms with Crippen LogP contribution in [0.3, 0.4) is 0 Å². The Morgan fingerprint density at radius 1 is 1.19 bits per heavy atom. The zero-order chi connectivity index (χ0) is 16.2. The Morgan fingerprint density at radius 3 is 2.29 bits per heavy atom. The van der Waals surface area contributed by atoms with Crippen LogP contribution in [0.4, 0.5) is 4.39 Å². The number of hydrogen-bond acceptors (Lipinski definition) is 6. The van der Waals surface area contributed by atoms with E-state index in [4.69, 9.17) is 14.2 Å². The molecule has 0 aromatic carbocycles. The van der Waals surface area contributed by atoms with Crippen LogP contribution in [-0.4, -0.2) is 55.0 Å². The Hall–Kier alpha value is -1.70. The highest BCUT2D eigenvalue weighted by Gasteiger charge is 2.47. The van der Waals surface area contributed by atoms with Gasteiger partial charge in [0.15, 0.2) is 12.3 Å². The molecule has 1 fully saturated rings. The Labute approximate surface area is 122 Å². The zero-order valence-corrected chi connectivity index (χ0v) is 12.4. The minimum absolute atomic E-state index is 0.286. The summed E-state index contributed by atoms with van der Waals surface area (Å²) in [6.07, 6.45) is -4.58. The second kappa shape index (κ2) is 7.35. The van der Waals surface area contributed by atoms with Crippen LogP contribution in [0.2, 0.25) is 0 Å². The van der Waals surface area contributed by atoms with Gasteiger partial charge in [-0.25, -0.2) is 4.39 Å². The van der Waals surface area contributed by atoms with Gasteiger partial charge in [0.1, 0.15) is 12.7 Å². The van der Waals surface area contributed by atoms with Gasteiger partial charge in [-0.2, -0.15) is 0 Å². The number of carbonyl (C=O) groups excluding carboxylic acids is 3. The summed E-state index contributed by atoms with van der Waals surface area (Å²) in [5.74, 6) is -1.62. The van der Waals surface area contributed by atoms with E-state index in [-0.39, 0.29) is 6.61 Å². The second-order valence-electron chi connectivity index (χ2n) is 4.93. The van der Waals surface area contributed by atoms with Crippen molar-refractivity contribution in [2.75, 3.05) is 6.61 Å². The molecular formula is C13H20FNO6. The fraction of sp³-hybridized carbons (Fsp3) is 0.769. The first-order chi connectivity index (χ1) is 9.72. The molecule has 1 aliphatic heterocycles. The molecule has 0 radical (unpaired) electrons. The van der Waals surface area contributed by atoms with E-state index in [1.54, 1.807) is 6.92 Å². The van der Waals surface area contributed by atoms with Gasteiger partial charge in [0.05, 0.1) is 12.1 Å². The van der Waals surface area contributed by atoms with Crippen molar-refractivity contribution in [3.05, 3.63) is 0 Å². The highest BCUT2D eigenvalue weighted by atomic mass is 19.1. The highest BCUT2D eigenvalue weighted by Crippen LogP contribution is 2.26. The molecule has 1 rings (SSSR count). The lowest BCUT2D eigenvalue weighted by atomic mass is 9.94. The summed E-state index contributed by atoms with van der Waals surface area (Å²) >= 11 is 0. The fourth-order valence-corrected chi connectivity index (χ4v) is 2.21. The topological polar surface area (TPSA) is 90.9 Å². The Kier molecular flexibility index (Phi) is 6.07. The van der Waals surface area contributed by atoms with Crippen LogP contribution in [0.5, 0.6) is 0 Å². The summed E-state index contributed by atoms with van der Waals surface area (Å²) in [7, 11) is 0. The lowest BCUT2D eigenvalue weighted by Gasteiger charge is -2.42. The van der Waals surface area contributed by atoms with Crippen LogP contribution in [0.25, 0.3) is 0 Å². The molecule has 1 saturated heterocycles. The zero-order valence-electron chi connectivity index (χ0n) is 12.4. The van der Waals surface area contributed by atoms with Gasteiger partial charge >= 0.3 is 11.9 Å². The average molecular weight is 305 g/mol. The van der Waals surface area contributed by atoms with Crippen molar-refractivity contribution < 1.29 is 33.0 Å². The van der Waals surface area contributed by atoms with E-state index < -0.39 is 48.4 Å². The highest BCUT2D eigenvalue weighted by molar-refractivity contribution is 5.73. The van der Waals surface area contributed by atoms with E-state index in [1.165, 1.54) is 13.8 Å². The van der Waals surface area contributed by atoms with Gasteiger partial charge in [-0.15, -0.1) is 0 Å². The number of hydrogen-bond donors (Lipinski definition) is 1. The van der Waals surface area contributed by atoms with Crippen molar-refractivity contribution in [1.82, 2.24) is 5.32 Å². The summed E-state index contributed by atoms with van der Waals surface area (Å²) in [4.78, 5) is 33.1. The summed E-state index contributed by atoms with van der Waals surface area (Å²) in [6.45, 7) is 4.95. The van der Waals surface area contributed by atoms with E-state index in [1.807, 2.05) is 0 Å². The monoisotopic (exact) mass is 305 g/mol. The molecule has 0 spiro atoms. The molecule has 120 valence electrons. The third kappa shape index (κ3) is 4.96. The minimum Gasteiger partial charge on any atom is -0.463 e. The van der Waals surface area contributed by atoms with Crippen LogP contribution >= 0.6 is 0 Å². The first-order valence-electron chi connectivity index (χ1n) is 6.59. The van der Waals surface area contributed by atoms with Gasteiger partial charge in [0.25, 0.3) is 0 Å². The second-order valence-corrected chi connectivity index (χ2v) is 4.93. The molecule has 8 heteroatoms. The molecule has 0 saturated carbocycles. The molecule has 1 heterocycles. The SMILES string of the molecule is CC(=O)NC1C(C)OC(COC(C)=O)C(F)C1OC(C)=O. The normalized spacial score (nSPS) is 32.1. The van der Waals surface area contributed by atoms with Gasteiger partial charge in [-0.1, -0.05) is 0 Å². The van der Waals surface area contributed by atoms with Crippen molar-refractivity contribution in [1.29, 1.82) is 0 Å². The summed E-state index contributed by atoms with van der Waals surface area (Å²) in [5, 5.41) is 2.51. The van der Waals surface area contributed by atoms with Crippen LogP contribution < -0.4 is 5.32 Å². The van der Waals surface area contributed by atoms with Crippen LogP contribution in [0.15, 0.2) is 0 Å². The van der Waals surface area contributed by atoms with Gasteiger partial charge in [0, 0.05) is 20.8 Å². The van der Waals surface area contributed by atoms with Crippen molar-refractivity contribution in [2.45, 2.75) is 58.2 Å². The van der Waals surface area contributed by atoms with E-state index in [2.05, 4.69) is 5.32 Å². The molecule has 1 N–H and O–H groups in total. The largest absolute Gasteiger partial charge is 0.463 e. The maximum Gasteiger partial charge on any atom is 0.303 e. The Balaban J connectivity index is 2.87. The standard InChI is InChI=1S/C13H20FNO6/c1-6-12(15-7(2)16)13(21-9(4)18)11(14)10(20-6)5-19-8(3)17/h6,10-13H,5H2,1-4H3,(H,15,16). The number of rotatable bonds is 4. The lowest BCUT2D eigenvalue weighted by Crippen LogP contribution is -2.63. The van der Waals surface area contributed by atoms with Crippen LogP contribution in [0, 0.1) is 0 Å². The van der Waals surface area contributed by atoms with E-state index >= 15 is 0 Å². The number of alkyl halides is 1. The van der Waals surface area contributed by atoms with Gasteiger partial charge in [-0.05, 0) is 6.92 Å². The molecule has 21 heavy (non-hydrogen) atoms. The summed E-state index contributed by atoms with van der Waals surface area (Å²) in [5.41, 5.74) is 0.